The fraction of sp³-hybridized carbons (Fsp3) is 0.375. The first kappa shape index (κ1) is 13.7. The molecule has 1 atom stereocenters. The van der Waals surface area contributed by atoms with E-state index < -0.39 is 6.10 Å². The summed E-state index contributed by atoms with van der Waals surface area (Å²) in [7, 11) is 0. The fourth-order valence-corrected chi connectivity index (χ4v) is 3.12. The van der Waals surface area contributed by atoms with Crippen LogP contribution >= 0.6 is 15.9 Å². The second-order valence-electron chi connectivity index (χ2n) is 5.32. The van der Waals surface area contributed by atoms with Crippen molar-refractivity contribution in [2.75, 3.05) is 4.90 Å². The zero-order valence-electron chi connectivity index (χ0n) is 11.4. The number of hydrogen-bond acceptors (Lipinski definition) is 3. The molecule has 1 N–H and O–H groups in total. The van der Waals surface area contributed by atoms with Crippen molar-refractivity contribution < 1.29 is 9.52 Å². The molecule has 1 heterocycles. The predicted molar refractivity (Wildman–Crippen MR) is 82.7 cm³/mol. The molecule has 106 valence electrons. The molecule has 1 aliphatic rings. The second kappa shape index (κ2) is 5.62. The molecule has 1 aromatic carbocycles. The van der Waals surface area contributed by atoms with Gasteiger partial charge in [-0.25, -0.2) is 0 Å². The van der Waals surface area contributed by atoms with E-state index >= 15 is 0 Å². The van der Waals surface area contributed by atoms with Gasteiger partial charge in [0.25, 0.3) is 0 Å². The third-order valence-electron chi connectivity index (χ3n) is 3.66. The van der Waals surface area contributed by atoms with Gasteiger partial charge in [0.05, 0.1) is 18.9 Å². The summed E-state index contributed by atoms with van der Waals surface area (Å²) < 4.78 is 6.42. The molecule has 1 aromatic heterocycles. The summed E-state index contributed by atoms with van der Waals surface area (Å²) >= 11 is 3.55. The van der Waals surface area contributed by atoms with E-state index in [-0.39, 0.29) is 0 Å². The Balaban J connectivity index is 1.86. The van der Waals surface area contributed by atoms with Crippen molar-refractivity contribution in [3.63, 3.8) is 0 Å². The second-order valence-corrected chi connectivity index (χ2v) is 6.17. The lowest BCUT2D eigenvalue weighted by molar-refractivity contribution is 0.198. The first-order valence-corrected chi connectivity index (χ1v) is 7.71. The molecule has 0 unspecified atom stereocenters. The van der Waals surface area contributed by atoms with Gasteiger partial charge in [-0.05, 0) is 49.6 Å². The summed E-state index contributed by atoms with van der Waals surface area (Å²) in [6, 6.07) is 10.7. The summed E-state index contributed by atoms with van der Waals surface area (Å²) in [6.45, 7) is 2.57. The molecule has 0 aliphatic heterocycles. The number of aliphatic hydroxyl groups is 1. The average Bonchev–Trinajstić information content (AvgIpc) is 3.12. The van der Waals surface area contributed by atoms with Crippen LogP contribution in [0, 0.1) is 0 Å². The van der Waals surface area contributed by atoms with Crippen molar-refractivity contribution in [1.82, 2.24) is 0 Å². The van der Waals surface area contributed by atoms with Crippen molar-refractivity contribution >= 4 is 21.6 Å². The van der Waals surface area contributed by atoms with Crippen LogP contribution in [0.25, 0.3) is 0 Å². The van der Waals surface area contributed by atoms with Crippen molar-refractivity contribution in [2.24, 2.45) is 0 Å². The number of halogens is 1. The molecule has 0 amide bonds. The molecule has 0 saturated heterocycles. The maximum atomic E-state index is 9.70. The van der Waals surface area contributed by atoms with Crippen LogP contribution in [0.15, 0.2) is 45.5 Å². The highest BCUT2D eigenvalue weighted by atomic mass is 79.9. The van der Waals surface area contributed by atoms with Crippen LogP contribution in [-0.2, 0) is 6.54 Å². The first-order valence-electron chi connectivity index (χ1n) is 6.91. The number of nitrogens with zero attached hydrogens (tertiary/aromatic N) is 1. The average molecular weight is 336 g/mol. The Morgan fingerprint density at radius 2 is 2.20 bits per heavy atom. The molecule has 1 aliphatic carbocycles. The first-order chi connectivity index (χ1) is 9.65. The number of benzene rings is 1. The Morgan fingerprint density at radius 1 is 1.40 bits per heavy atom. The van der Waals surface area contributed by atoms with Crippen molar-refractivity contribution in [1.29, 1.82) is 0 Å². The van der Waals surface area contributed by atoms with Gasteiger partial charge < -0.3 is 14.4 Å². The Labute approximate surface area is 127 Å². The molecule has 20 heavy (non-hydrogen) atoms. The molecule has 0 spiro atoms. The summed E-state index contributed by atoms with van der Waals surface area (Å²) in [5.74, 6) is 0.979. The maximum Gasteiger partial charge on any atom is 0.123 e. The van der Waals surface area contributed by atoms with Crippen LogP contribution in [0.3, 0.4) is 0 Å². The summed E-state index contributed by atoms with van der Waals surface area (Å²) in [6.07, 6.45) is 3.72. The minimum Gasteiger partial charge on any atom is -0.467 e. The highest BCUT2D eigenvalue weighted by Gasteiger charge is 2.30. The monoisotopic (exact) mass is 335 g/mol. The van der Waals surface area contributed by atoms with Gasteiger partial charge in [-0.2, -0.15) is 0 Å². The van der Waals surface area contributed by atoms with Crippen molar-refractivity contribution in [3.8, 4) is 0 Å². The quantitative estimate of drug-likeness (QED) is 0.886. The third kappa shape index (κ3) is 2.91. The molecule has 0 radical (unpaired) electrons. The highest BCUT2D eigenvalue weighted by Crippen LogP contribution is 2.36. The van der Waals surface area contributed by atoms with Crippen molar-refractivity contribution in [2.45, 2.75) is 38.5 Å². The molecule has 2 aromatic rings. The molecule has 1 saturated carbocycles. The van der Waals surface area contributed by atoms with E-state index in [0.717, 1.165) is 22.3 Å². The lowest BCUT2D eigenvalue weighted by atomic mass is 10.1. The predicted octanol–water partition coefficient (Wildman–Crippen LogP) is 4.26. The molecule has 3 rings (SSSR count). The van der Waals surface area contributed by atoms with Crippen LogP contribution in [0.1, 0.15) is 37.2 Å². The Morgan fingerprint density at radius 3 is 2.75 bits per heavy atom. The summed E-state index contributed by atoms with van der Waals surface area (Å²) in [5.41, 5.74) is 2.09. The Kier molecular flexibility index (Phi) is 3.85. The smallest absolute Gasteiger partial charge is 0.123 e. The molecule has 3 nitrogen and oxygen atoms in total. The standard InChI is InChI=1S/C16H18BrNO2/c1-11(19)15-7-6-13(9-16(15)17)18(12-4-5-12)10-14-3-2-8-20-14/h2-3,6-9,11-12,19H,4-5,10H2,1H3/t11-/m1/s1. The number of furan rings is 1. The molecular weight excluding hydrogens is 318 g/mol. The minimum absolute atomic E-state index is 0.460. The molecule has 0 bridgehead atoms. The van der Waals surface area contributed by atoms with Crippen LogP contribution in [-0.4, -0.2) is 11.1 Å². The van der Waals surface area contributed by atoms with E-state index in [0.29, 0.717) is 6.04 Å². The Hall–Kier alpha value is -1.26. The van der Waals surface area contributed by atoms with Gasteiger partial charge in [0.2, 0.25) is 0 Å². The maximum absolute atomic E-state index is 9.70. The largest absolute Gasteiger partial charge is 0.467 e. The van der Waals surface area contributed by atoms with Gasteiger partial charge in [-0.3, -0.25) is 0 Å². The van der Waals surface area contributed by atoms with Gasteiger partial charge >= 0.3 is 0 Å². The number of rotatable bonds is 5. The van der Waals surface area contributed by atoms with Gasteiger partial charge in [0.1, 0.15) is 5.76 Å². The zero-order valence-corrected chi connectivity index (χ0v) is 13.0. The van der Waals surface area contributed by atoms with Crippen LogP contribution in [0.5, 0.6) is 0 Å². The van der Waals surface area contributed by atoms with Gasteiger partial charge in [0, 0.05) is 16.2 Å². The number of anilines is 1. The molecule has 1 fully saturated rings. The van der Waals surface area contributed by atoms with E-state index in [1.807, 2.05) is 18.2 Å². The number of hydrogen-bond donors (Lipinski definition) is 1. The van der Waals surface area contributed by atoms with E-state index in [4.69, 9.17) is 4.42 Å². The van der Waals surface area contributed by atoms with Gasteiger partial charge in [0.15, 0.2) is 0 Å². The van der Waals surface area contributed by atoms with Crippen LogP contribution in [0.2, 0.25) is 0 Å². The Bertz CT molecular complexity index is 576. The zero-order chi connectivity index (χ0) is 14.1. The third-order valence-corrected chi connectivity index (χ3v) is 4.35. The topological polar surface area (TPSA) is 36.6 Å². The normalized spacial score (nSPS) is 16.1. The fourth-order valence-electron chi connectivity index (χ4n) is 2.42. The van der Waals surface area contributed by atoms with Crippen molar-refractivity contribution in [3.05, 3.63) is 52.4 Å². The summed E-state index contributed by atoms with van der Waals surface area (Å²) in [4.78, 5) is 2.37. The number of aliphatic hydroxyl groups excluding tert-OH is 1. The molecular formula is C16H18BrNO2. The molecule has 4 heteroatoms. The van der Waals surface area contributed by atoms with E-state index in [2.05, 4.69) is 33.0 Å². The SMILES string of the molecule is C[C@@H](O)c1ccc(N(Cc2ccco2)C2CC2)cc1Br. The van der Waals surface area contributed by atoms with Crippen LogP contribution < -0.4 is 4.90 Å². The van der Waals surface area contributed by atoms with E-state index in [1.54, 1.807) is 13.2 Å². The van der Waals surface area contributed by atoms with Crippen LogP contribution in [0.4, 0.5) is 5.69 Å². The minimum atomic E-state index is -0.460. The lowest BCUT2D eigenvalue weighted by Gasteiger charge is -2.24. The van der Waals surface area contributed by atoms with Gasteiger partial charge in [-0.1, -0.05) is 22.0 Å². The van der Waals surface area contributed by atoms with E-state index in [9.17, 15) is 5.11 Å². The summed E-state index contributed by atoms with van der Waals surface area (Å²) in [5, 5.41) is 9.70. The van der Waals surface area contributed by atoms with E-state index in [1.165, 1.54) is 18.5 Å². The lowest BCUT2D eigenvalue weighted by Crippen LogP contribution is -2.24. The highest BCUT2D eigenvalue weighted by molar-refractivity contribution is 9.10. The van der Waals surface area contributed by atoms with Gasteiger partial charge in [-0.15, -0.1) is 0 Å².